The molecule has 1 aliphatic rings. The monoisotopic (exact) mass is 434 g/mol. The quantitative estimate of drug-likeness (QED) is 0.618. The number of thioether (sulfide) groups is 1. The molecule has 3 heterocycles. The summed E-state index contributed by atoms with van der Waals surface area (Å²) < 4.78 is 29.2. The number of pyridine rings is 1. The van der Waals surface area contributed by atoms with Gasteiger partial charge in [-0.05, 0) is 25.5 Å². The van der Waals surface area contributed by atoms with Gasteiger partial charge in [0.15, 0.2) is 22.6 Å². The minimum absolute atomic E-state index is 0.122. The van der Waals surface area contributed by atoms with E-state index in [0.29, 0.717) is 39.1 Å². The topological polar surface area (TPSA) is 89.1 Å². The second kappa shape index (κ2) is 7.38. The van der Waals surface area contributed by atoms with Gasteiger partial charge in [0.25, 0.3) is 0 Å². The number of anilines is 2. The van der Waals surface area contributed by atoms with Crippen LogP contribution in [0.1, 0.15) is 25.8 Å². The maximum absolute atomic E-state index is 14.7. The van der Waals surface area contributed by atoms with Crippen LogP contribution in [0.15, 0.2) is 35.7 Å². The predicted molar refractivity (Wildman–Crippen MR) is 113 cm³/mol. The molecule has 150 valence electrons. The normalized spacial score (nSPS) is 21.8. The fourth-order valence-corrected chi connectivity index (χ4v) is 4.72. The zero-order chi connectivity index (χ0) is 20.8. The summed E-state index contributed by atoms with van der Waals surface area (Å²) in [6, 6.07) is 4.24. The number of amidine groups is 1. The van der Waals surface area contributed by atoms with Crippen molar-refractivity contribution in [2.45, 2.75) is 31.1 Å². The van der Waals surface area contributed by atoms with E-state index in [9.17, 15) is 8.78 Å². The van der Waals surface area contributed by atoms with Gasteiger partial charge < -0.3 is 11.1 Å². The molecule has 3 aromatic rings. The van der Waals surface area contributed by atoms with Crippen LogP contribution in [0.2, 0.25) is 5.02 Å². The maximum Gasteiger partial charge on any atom is 0.164 e. The molecule has 6 nitrogen and oxygen atoms in total. The van der Waals surface area contributed by atoms with E-state index in [1.54, 1.807) is 13.0 Å². The first-order chi connectivity index (χ1) is 13.7. The van der Waals surface area contributed by atoms with Gasteiger partial charge in [-0.3, -0.25) is 4.99 Å². The number of halogens is 3. The molecule has 0 amide bonds. The highest BCUT2D eigenvalue weighted by Gasteiger charge is 2.36. The minimum atomic E-state index is -0.986. The Morgan fingerprint density at radius 2 is 2.03 bits per heavy atom. The molecule has 0 fully saturated rings. The number of hydrogen-bond donors (Lipinski definition) is 2. The van der Waals surface area contributed by atoms with E-state index < -0.39 is 17.2 Å². The molecule has 0 unspecified atom stereocenters. The Morgan fingerprint density at radius 3 is 2.79 bits per heavy atom. The Bertz CT molecular complexity index is 1140. The van der Waals surface area contributed by atoms with E-state index in [-0.39, 0.29) is 10.8 Å². The van der Waals surface area contributed by atoms with Crippen LogP contribution in [0.3, 0.4) is 0 Å². The average Bonchev–Trinajstić information content (AvgIpc) is 2.63. The summed E-state index contributed by atoms with van der Waals surface area (Å²) in [6.07, 6.45) is 3.33. The van der Waals surface area contributed by atoms with Crippen LogP contribution in [0.25, 0.3) is 11.0 Å². The molecule has 1 aromatic carbocycles. The molecular weight excluding hydrogens is 418 g/mol. The van der Waals surface area contributed by atoms with Crippen molar-refractivity contribution in [1.82, 2.24) is 15.0 Å². The Labute approximate surface area is 175 Å². The first-order valence-electron chi connectivity index (χ1n) is 8.80. The van der Waals surface area contributed by atoms with Crippen molar-refractivity contribution in [3.05, 3.63) is 52.9 Å². The number of nitrogens with zero attached hydrogens (tertiary/aromatic N) is 4. The molecule has 3 N–H and O–H groups in total. The third-order valence-corrected chi connectivity index (χ3v) is 5.79. The van der Waals surface area contributed by atoms with E-state index in [0.717, 1.165) is 6.07 Å². The van der Waals surface area contributed by atoms with E-state index in [1.165, 1.54) is 30.4 Å². The number of fused-ring (bicyclic) bond motifs is 1. The molecule has 0 bridgehead atoms. The van der Waals surface area contributed by atoms with E-state index in [1.807, 2.05) is 6.92 Å². The number of nitrogens with two attached hydrogens (primary N) is 1. The molecule has 4 rings (SSSR count). The molecule has 2 atom stereocenters. The van der Waals surface area contributed by atoms with E-state index >= 15 is 0 Å². The van der Waals surface area contributed by atoms with Crippen LogP contribution < -0.4 is 11.1 Å². The number of benzene rings is 1. The summed E-state index contributed by atoms with van der Waals surface area (Å²) in [5.74, 6) is -1.57. The highest BCUT2D eigenvalue weighted by molar-refractivity contribution is 8.14. The second-order valence-corrected chi connectivity index (χ2v) is 8.94. The Morgan fingerprint density at radius 1 is 1.24 bits per heavy atom. The van der Waals surface area contributed by atoms with Crippen molar-refractivity contribution >= 4 is 51.1 Å². The van der Waals surface area contributed by atoms with Gasteiger partial charge in [-0.1, -0.05) is 30.3 Å². The van der Waals surface area contributed by atoms with E-state index in [4.69, 9.17) is 17.3 Å². The smallest absolute Gasteiger partial charge is 0.164 e. The second-order valence-electron chi connectivity index (χ2n) is 7.04. The van der Waals surface area contributed by atoms with Crippen molar-refractivity contribution in [3.63, 3.8) is 0 Å². The molecule has 0 spiro atoms. The van der Waals surface area contributed by atoms with Crippen molar-refractivity contribution < 1.29 is 8.78 Å². The van der Waals surface area contributed by atoms with Crippen LogP contribution in [0.4, 0.5) is 20.3 Å². The van der Waals surface area contributed by atoms with Gasteiger partial charge in [0.2, 0.25) is 0 Å². The van der Waals surface area contributed by atoms with Crippen molar-refractivity contribution in [1.29, 1.82) is 0 Å². The average molecular weight is 435 g/mol. The molecule has 1 aliphatic heterocycles. The molecular formula is C19H17ClF2N6S. The molecule has 10 heteroatoms. The number of hydrogen-bond acceptors (Lipinski definition) is 7. The van der Waals surface area contributed by atoms with Crippen molar-refractivity contribution in [3.8, 4) is 0 Å². The molecule has 29 heavy (non-hydrogen) atoms. The number of aromatic nitrogens is 3. The fraction of sp³-hybridized carbons (Fsp3) is 0.263. The standard InChI is InChI=1S/C19H17ClF2N6S/c1-9-6-19(2,28-18(23)29-9)12-4-11(5-13(21)15(12)22)27-17-16-14(25-8-26-17)3-10(20)7-24-16/h3-5,7-9H,6H2,1-2H3,(H2,23,28)(H,25,26,27)/t9-,19+/m1/s1. The first kappa shape index (κ1) is 19.8. The number of nitrogens with one attached hydrogen (secondary N) is 1. The fourth-order valence-electron chi connectivity index (χ4n) is 3.49. The Hall–Kier alpha value is -2.52. The van der Waals surface area contributed by atoms with Gasteiger partial charge in [-0.25, -0.2) is 23.7 Å². The SMILES string of the molecule is C[C@@H]1C[C@@](C)(c2cc(Nc3ncnc4cc(Cl)cnc34)cc(F)c2F)N=C(N)S1. The van der Waals surface area contributed by atoms with Crippen LogP contribution in [0, 0.1) is 11.6 Å². The molecule has 0 saturated carbocycles. The zero-order valence-electron chi connectivity index (χ0n) is 15.6. The summed E-state index contributed by atoms with van der Waals surface area (Å²) in [5, 5.41) is 3.92. The van der Waals surface area contributed by atoms with Gasteiger partial charge >= 0.3 is 0 Å². The molecule has 0 saturated heterocycles. The van der Waals surface area contributed by atoms with Crippen molar-refractivity contribution in [2.75, 3.05) is 5.32 Å². The largest absolute Gasteiger partial charge is 0.379 e. The lowest BCUT2D eigenvalue weighted by Gasteiger charge is -2.33. The van der Waals surface area contributed by atoms with Crippen LogP contribution >= 0.6 is 23.4 Å². The van der Waals surface area contributed by atoms with Gasteiger partial charge in [0.05, 0.1) is 16.1 Å². The summed E-state index contributed by atoms with van der Waals surface area (Å²) in [7, 11) is 0. The molecule has 0 aliphatic carbocycles. The van der Waals surface area contributed by atoms with Gasteiger partial charge in [0.1, 0.15) is 11.8 Å². The highest BCUT2D eigenvalue weighted by Crippen LogP contribution is 2.41. The Balaban J connectivity index is 1.78. The van der Waals surface area contributed by atoms with Crippen LogP contribution in [-0.2, 0) is 5.54 Å². The maximum atomic E-state index is 14.7. The van der Waals surface area contributed by atoms with E-state index in [2.05, 4.69) is 25.3 Å². The summed E-state index contributed by atoms with van der Waals surface area (Å²) in [4.78, 5) is 17.0. The summed E-state index contributed by atoms with van der Waals surface area (Å²) in [6.45, 7) is 3.73. The van der Waals surface area contributed by atoms with Gasteiger partial charge in [-0.15, -0.1) is 0 Å². The first-order valence-corrected chi connectivity index (χ1v) is 10.1. The number of aliphatic imine (C=N–C) groups is 1. The van der Waals surface area contributed by atoms with Gasteiger partial charge in [-0.2, -0.15) is 0 Å². The predicted octanol–water partition coefficient (Wildman–Crippen LogP) is 4.76. The zero-order valence-corrected chi connectivity index (χ0v) is 17.2. The lowest BCUT2D eigenvalue weighted by molar-refractivity contribution is 0.409. The minimum Gasteiger partial charge on any atom is -0.379 e. The lowest BCUT2D eigenvalue weighted by Crippen LogP contribution is -2.33. The molecule has 2 aromatic heterocycles. The van der Waals surface area contributed by atoms with Crippen LogP contribution in [0.5, 0.6) is 0 Å². The summed E-state index contributed by atoms with van der Waals surface area (Å²) >= 11 is 7.37. The van der Waals surface area contributed by atoms with Gasteiger partial charge in [0, 0.05) is 28.8 Å². The van der Waals surface area contributed by atoms with Crippen molar-refractivity contribution in [2.24, 2.45) is 10.7 Å². The summed E-state index contributed by atoms with van der Waals surface area (Å²) in [5.41, 5.74) is 6.36. The highest BCUT2D eigenvalue weighted by atomic mass is 35.5. The lowest BCUT2D eigenvalue weighted by atomic mass is 9.87. The third kappa shape index (κ3) is 3.84. The number of rotatable bonds is 3. The third-order valence-electron chi connectivity index (χ3n) is 4.68. The molecule has 0 radical (unpaired) electrons. The van der Waals surface area contributed by atoms with Crippen LogP contribution in [-0.4, -0.2) is 25.4 Å². The Kier molecular flexibility index (Phi) is 5.04.